The number of aromatic nitrogens is 5. The Bertz CT molecular complexity index is 2850. The molecule has 0 radical (unpaired) electrons. The molecule has 5 aromatic rings. The second-order valence-corrected chi connectivity index (χ2v) is 13.1. The zero-order valence-corrected chi connectivity index (χ0v) is 34.0. The van der Waals surface area contributed by atoms with Gasteiger partial charge in [-0.05, 0) is 166 Å². The molecule has 59 heavy (non-hydrogen) atoms. The molecule has 4 heterocycles. The molecule has 0 unspecified atom stereocenters. The minimum atomic E-state index is 0.517. The van der Waals surface area contributed by atoms with Crippen LogP contribution in [-0.2, 0) is 13.0 Å². The summed E-state index contributed by atoms with van der Waals surface area (Å²) in [7, 11) is 6.22. The predicted octanol–water partition coefficient (Wildman–Crippen LogP) is 6.12. The summed E-state index contributed by atoms with van der Waals surface area (Å²) in [5, 5.41) is 4.64. The van der Waals surface area contributed by atoms with Crippen LogP contribution < -0.4 is 16.0 Å². The highest BCUT2D eigenvalue weighted by atomic mass is 15.2. The van der Waals surface area contributed by atoms with E-state index < -0.39 is 0 Å². The zero-order valence-electron chi connectivity index (χ0n) is 34.0. The Balaban J connectivity index is 0.000000282. The molecule has 0 bridgehead atoms. The molecule has 1 aliphatic heterocycles. The zero-order chi connectivity index (χ0) is 41.8. The summed E-state index contributed by atoms with van der Waals surface area (Å²) in [5.41, 5.74) is 15.7. The molecule has 9 heteroatoms. The van der Waals surface area contributed by atoms with Gasteiger partial charge >= 0.3 is 0 Å². The van der Waals surface area contributed by atoms with Crippen molar-refractivity contribution in [3.8, 4) is 129 Å². The first kappa shape index (κ1) is 41.8. The fourth-order valence-electron chi connectivity index (χ4n) is 6.01. The van der Waals surface area contributed by atoms with Crippen LogP contribution in [0.25, 0.3) is 33.5 Å². The first-order valence-corrected chi connectivity index (χ1v) is 18.6. The van der Waals surface area contributed by atoms with Gasteiger partial charge in [-0.25, -0.2) is 15.0 Å². The lowest BCUT2D eigenvalue weighted by Gasteiger charge is -2.24. The highest BCUT2D eigenvalue weighted by Gasteiger charge is 2.22. The highest BCUT2D eigenvalue weighted by Crippen LogP contribution is 2.39. The lowest BCUT2D eigenvalue weighted by molar-refractivity contribution is 0.416. The average molecular weight is 768 g/mol. The van der Waals surface area contributed by atoms with Crippen molar-refractivity contribution in [2.75, 3.05) is 50.2 Å². The molecule has 0 saturated heterocycles. The molecule has 0 aliphatic carbocycles. The van der Waals surface area contributed by atoms with Crippen LogP contribution in [0.3, 0.4) is 0 Å². The maximum absolute atomic E-state index is 6.51. The van der Waals surface area contributed by atoms with Crippen molar-refractivity contribution in [2.45, 2.75) is 40.2 Å². The third-order valence-corrected chi connectivity index (χ3v) is 8.73. The van der Waals surface area contributed by atoms with E-state index in [-0.39, 0.29) is 0 Å². The molecule has 4 N–H and O–H groups in total. The molecule has 0 atom stereocenters. The summed E-state index contributed by atoms with van der Waals surface area (Å²) < 4.78 is 2.36. The molecule has 0 amide bonds. The normalized spacial score (nSPS) is 9.81. The minimum absolute atomic E-state index is 0.517. The van der Waals surface area contributed by atoms with Crippen LogP contribution in [0.4, 0.5) is 23.0 Å². The van der Waals surface area contributed by atoms with Crippen molar-refractivity contribution in [3.63, 3.8) is 0 Å². The number of nitrogens with zero attached hydrogens (tertiary/aromatic N) is 6. The van der Waals surface area contributed by atoms with Gasteiger partial charge in [0.25, 0.3) is 0 Å². The van der Waals surface area contributed by atoms with E-state index in [2.05, 4.69) is 200 Å². The number of rotatable bonds is 8. The van der Waals surface area contributed by atoms with Gasteiger partial charge in [-0.1, -0.05) is 30.0 Å². The van der Waals surface area contributed by atoms with Crippen LogP contribution in [0.2, 0.25) is 0 Å². The van der Waals surface area contributed by atoms with Crippen LogP contribution in [0.1, 0.15) is 31.4 Å². The topological polar surface area (TPSA) is 104 Å². The van der Waals surface area contributed by atoms with E-state index in [1.165, 1.54) is 16.5 Å². The van der Waals surface area contributed by atoms with Gasteiger partial charge in [0.15, 0.2) is 0 Å². The second kappa shape index (κ2) is 21.7. The molecule has 6 rings (SSSR count). The fourth-order valence-corrected chi connectivity index (χ4v) is 6.01. The monoisotopic (exact) mass is 767 g/mol. The summed E-state index contributed by atoms with van der Waals surface area (Å²) in [6.45, 7) is 8.33. The van der Waals surface area contributed by atoms with E-state index in [0.717, 1.165) is 72.1 Å². The van der Waals surface area contributed by atoms with E-state index in [0.29, 0.717) is 11.6 Å². The van der Waals surface area contributed by atoms with Crippen LogP contribution in [0.5, 0.6) is 0 Å². The SMILES string of the molecule is CC#CC#CC#CC#CC#CC#CC#CC#CC#CC.Cc1cc(N(C)CCN(C)C)c(N)cc1Nc1ncc(-c2ncc[nH]2)c(-c2cn3c4c(cccc24)CCC3)n1. The van der Waals surface area contributed by atoms with E-state index in [4.69, 9.17) is 10.7 Å². The van der Waals surface area contributed by atoms with Gasteiger partial charge in [0.1, 0.15) is 5.82 Å². The van der Waals surface area contributed by atoms with Crippen molar-refractivity contribution in [1.82, 2.24) is 29.4 Å². The number of imidazole rings is 1. The van der Waals surface area contributed by atoms with Gasteiger partial charge in [-0.3, -0.25) is 0 Å². The predicted molar refractivity (Wildman–Crippen MR) is 241 cm³/mol. The summed E-state index contributed by atoms with van der Waals surface area (Å²) in [6, 6.07) is 10.7. The van der Waals surface area contributed by atoms with Crippen molar-refractivity contribution >= 4 is 33.9 Å². The molecule has 0 spiro atoms. The standard InChI is InChI=1S/C30H35N9.C20H6/c1-19-15-26(38(4)14-13-37(2)3)24(31)16-25(19)35-30-34-17-22(29-32-10-11-33-29)27(36-30)23-18-39-12-6-8-20-7-5-9-21(23)28(20)39;1-3-5-7-9-11-13-15-17-19-20-18-16-14-12-10-8-6-4-2/h5,7,9-11,15-18H,6,8,12-14,31H2,1-4H3,(H,32,33)(H,34,35,36);1-2H3. The van der Waals surface area contributed by atoms with Gasteiger partial charge in [0.05, 0.1) is 28.1 Å². The number of nitrogen functional groups attached to an aromatic ring is 1. The number of benzene rings is 2. The highest BCUT2D eigenvalue weighted by molar-refractivity contribution is 6.00. The number of aromatic amines is 1. The van der Waals surface area contributed by atoms with Crippen LogP contribution in [0.15, 0.2) is 55.1 Å². The molecule has 286 valence electrons. The first-order valence-electron chi connectivity index (χ1n) is 18.6. The van der Waals surface area contributed by atoms with E-state index in [9.17, 15) is 0 Å². The molecule has 0 fully saturated rings. The molecule has 3 aromatic heterocycles. The Hall–Kier alpha value is -8.33. The molecule has 0 saturated carbocycles. The number of para-hydroxylation sites is 1. The number of aryl methyl sites for hydroxylation is 3. The van der Waals surface area contributed by atoms with Crippen LogP contribution >= 0.6 is 0 Å². The third kappa shape index (κ3) is 11.8. The lowest BCUT2D eigenvalue weighted by Crippen LogP contribution is -2.29. The van der Waals surface area contributed by atoms with Gasteiger partial charge in [0.2, 0.25) is 5.95 Å². The minimum Gasteiger partial charge on any atom is -0.397 e. The largest absolute Gasteiger partial charge is 0.397 e. The number of H-pyrrole nitrogens is 1. The second-order valence-electron chi connectivity index (χ2n) is 13.1. The summed E-state index contributed by atoms with van der Waals surface area (Å²) in [5.74, 6) is 46.9. The number of nitrogens with one attached hydrogen (secondary N) is 2. The molecule has 2 aromatic carbocycles. The van der Waals surface area contributed by atoms with Gasteiger partial charge in [-0.2, -0.15) is 0 Å². The number of anilines is 4. The Morgan fingerprint density at radius 3 is 2.00 bits per heavy atom. The third-order valence-electron chi connectivity index (χ3n) is 8.73. The lowest BCUT2D eigenvalue weighted by atomic mass is 10.0. The Morgan fingerprint density at radius 2 is 1.42 bits per heavy atom. The van der Waals surface area contributed by atoms with Crippen molar-refractivity contribution < 1.29 is 0 Å². The van der Waals surface area contributed by atoms with Gasteiger partial charge < -0.3 is 30.4 Å². The summed E-state index contributed by atoms with van der Waals surface area (Å²) in [4.78, 5) is 21.9. The molecular formula is C50H41N9. The molecule has 9 nitrogen and oxygen atoms in total. The summed E-state index contributed by atoms with van der Waals surface area (Å²) in [6.07, 6.45) is 9.90. The van der Waals surface area contributed by atoms with Crippen molar-refractivity contribution in [3.05, 3.63) is 66.2 Å². The van der Waals surface area contributed by atoms with E-state index >= 15 is 0 Å². The van der Waals surface area contributed by atoms with Gasteiger partial charge in [0, 0.05) is 68.1 Å². The summed E-state index contributed by atoms with van der Waals surface area (Å²) >= 11 is 0. The van der Waals surface area contributed by atoms with Crippen molar-refractivity contribution in [2.24, 2.45) is 0 Å². The molecule has 1 aliphatic rings. The average Bonchev–Trinajstić information content (AvgIpc) is 3.91. The Labute approximate surface area is 348 Å². The van der Waals surface area contributed by atoms with E-state index in [1.807, 2.05) is 18.5 Å². The van der Waals surface area contributed by atoms with E-state index in [1.54, 1.807) is 20.0 Å². The van der Waals surface area contributed by atoms with Crippen LogP contribution in [0, 0.1) is 113 Å². The van der Waals surface area contributed by atoms with Crippen LogP contribution in [-0.4, -0.2) is 63.6 Å². The Morgan fingerprint density at radius 1 is 0.797 bits per heavy atom. The number of likely N-dealkylation sites (N-methyl/N-ethyl adjacent to an activating group) is 2. The number of nitrogens with two attached hydrogens (primary N) is 1. The fraction of sp³-hybridized carbons (Fsp3) is 0.220. The maximum Gasteiger partial charge on any atom is 0.227 e. The number of hydrogen-bond acceptors (Lipinski definition) is 7. The first-order chi connectivity index (χ1) is 28.8. The smallest absolute Gasteiger partial charge is 0.227 e. The number of hydrogen-bond donors (Lipinski definition) is 3. The quantitative estimate of drug-likeness (QED) is 0.129. The van der Waals surface area contributed by atoms with Crippen molar-refractivity contribution in [1.29, 1.82) is 0 Å². The molecular weight excluding hydrogens is 727 g/mol. The Kier molecular flexibility index (Phi) is 15.4. The van der Waals surface area contributed by atoms with Gasteiger partial charge in [-0.15, -0.1) is 0 Å². The maximum atomic E-state index is 6.51.